The van der Waals surface area contributed by atoms with Crippen LogP contribution in [0.3, 0.4) is 0 Å². The molecule has 0 saturated heterocycles. The molecule has 236 valence electrons. The topological polar surface area (TPSA) is 147 Å². The third-order valence-corrected chi connectivity index (χ3v) is 9.48. The van der Waals surface area contributed by atoms with Gasteiger partial charge in [0.2, 0.25) is 10.0 Å². The van der Waals surface area contributed by atoms with Crippen molar-refractivity contribution in [2.24, 2.45) is 5.73 Å². The van der Waals surface area contributed by atoms with Gasteiger partial charge < -0.3 is 16.2 Å². The minimum Gasteiger partial charge on any atom is -0.394 e. The molecule has 5 aromatic rings. The van der Waals surface area contributed by atoms with Crippen molar-refractivity contribution in [1.82, 2.24) is 14.9 Å². The molecular weight excluding hydrogens is 609 g/mol. The standard InChI is InChI=1S/C34H32FN5O5S/c1-21-8-9-23(33(43)37-34(14-15-34)24-6-4-3-5-7-24)18-26(21)27-19-28-30(32(36)42)31(22-10-12-25(35)13-11-22)38-39(28)20-29(27)40(16-17-41)46(2,44)45/h3-13,18-20,41H,14-17H2,1-2H3,(H2,36,42)(H,37,43). The zero-order valence-electron chi connectivity index (χ0n) is 25.2. The smallest absolute Gasteiger partial charge is 0.253 e. The minimum atomic E-state index is -3.92. The Morgan fingerprint density at radius 1 is 1.04 bits per heavy atom. The second-order valence-electron chi connectivity index (χ2n) is 11.5. The number of amides is 2. The second kappa shape index (κ2) is 11.7. The van der Waals surface area contributed by atoms with Gasteiger partial charge in [0, 0.05) is 16.7 Å². The monoisotopic (exact) mass is 641 g/mol. The number of sulfonamides is 1. The number of rotatable bonds is 10. The molecule has 46 heavy (non-hydrogen) atoms. The van der Waals surface area contributed by atoms with Gasteiger partial charge in [-0.2, -0.15) is 5.10 Å². The van der Waals surface area contributed by atoms with E-state index in [1.54, 1.807) is 24.3 Å². The van der Waals surface area contributed by atoms with Gasteiger partial charge in [-0.3, -0.25) is 13.9 Å². The molecular formula is C34H32FN5O5S. The first-order chi connectivity index (χ1) is 21.9. The van der Waals surface area contributed by atoms with E-state index in [4.69, 9.17) is 5.73 Å². The second-order valence-corrected chi connectivity index (χ2v) is 13.4. The van der Waals surface area contributed by atoms with E-state index in [2.05, 4.69) is 10.4 Å². The van der Waals surface area contributed by atoms with Gasteiger partial charge in [-0.15, -0.1) is 0 Å². The van der Waals surface area contributed by atoms with Crippen LogP contribution in [0.25, 0.3) is 27.9 Å². The fourth-order valence-corrected chi connectivity index (χ4v) is 6.73. The van der Waals surface area contributed by atoms with Crippen molar-refractivity contribution in [3.05, 3.63) is 113 Å². The van der Waals surface area contributed by atoms with Crippen LogP contribution >= 0.6 is 0 Å². The molecule has 1 saturated carbocycles. The number of carbonyl (C=O) groups is 2. The molecule has 12 heteroatoms. The lowest BCUT2D eigenvalue weighted by Gasteiger charge is -2.25. The van der Waals surface area contributed by atoms with Crippen LogP contribution in [0.4, 0.5) is 10.1 Å². The first kappa shape index (κ1) is 30.9. The Labute approximate surface area is 265 Å². The average molecular weight is 642 g/mol. The lowest BCUT2D eigenvalue weighted by atomic mass is 9.95. The summed E-state index contributed by atoms with van der Waals surface area (Å²) in [6.07, 6.45) is 4.08. The Morgan fingerprint density at radius 2 is 1.74 bits per heavy atom. The van der Waals surface area contributed by atoms with E-state index < -0.39 is 33.9 Å². The van der Waals surface area contributed by atoms with Crippen LogP contribution in [-0.4, -0.2) is 54.4 Å². The summed E-state index contributed by atoms with van der Waals surface area (Å²) in [6, 6.07) is 21.9. The number of hydrogen-bond acceptors (Lipinski definition) is 6. The molecule has 0 spiro atoms. The Balaban J connectivity index is 1.54. The maximum atomic E-state index is 13.7. The summed E-state index contributed by atoms with van der Waals surface area (Å²) in [5, 5.41) is 17.6. The molecule has 0 radical (unpaired) electrons. The summed E-state index contributed by atoms with van der Waals surface area (Å²) in [5.74, 6) is -1.55. The van der Waals surface area contributed by atoms with E-state index in [0.717, 1.165) is 34.5 Å². The number of primary amides is 1. The van der Waals surface area contributed by atoms with Gasteiger partial charge in [-0.05, 0) is 78.9 Å². The number of halogens is 1. The van der Waals surface area contributed by atoms with Gasteiger partial charge in [0.15, 0.2) is 0 Å². The molecule has 6 rings (SSSR count). The Morgan fingerprint density at radius 3 is 2.35 bits per heavy atom. The van der Waals surface area contributed by atoms with E-state index in [0.29, 0.717) is 22.3 Å². The summed E-state index contributed by atoms with van der Waals surface area (Å²) in [5.41, 5.74) is 9.50. The molecule has 10 nitrogen and oxygen atoms in total. The van der Waals surface area contributed by atoms with Crippen LogP contribution in [0.2, 0.25) is 0 Å². The zero-order valence-corrected chi connectivity index (χ0v) is 26.0. The molecule has 0 bridgehead atoms. The highest BCUT2D eigenvalue weighted by Crippen LogP contribution is 2.46. The van der Waals surface area contributed by atoms with Crippen molar-refractivity contribution in [3.8, 4) is 22.4 Å². The quantitative estimate of drug-likeness (QED) is 0.206. The number of anilines is 1. The first-order valence-corrected chi connectivity index (χ1v) is 16.5. The van der Waals surface area contributed by atoms with Crippen molar-refractivity contribution in [2.45, 2.75) is 25.3 Å². The minimum absolute atomic E-state index is 0.0533. The van der Waals surface area contributed by atoms with E-state index in [9.17, 15) is 27.5 Å². The van der Waals surface area contributed by atoms with Gasteiger partial charge in [0.1, 0.15) is 11.5 Å². The average Bonchev–Trinajstić information content (AvgIpc) is 3.71. The Bertz CT molecular complexity index is 2090. The molecule has 2 heterocycles. The predicted molar refractivity (Wildman–Crippen MR) is 173 cm³/mol. The third-order valence-electron chi connectivity index (χ3n) is 8.30. The SMILES string of the molecule is Cc1ccc(C(=O)NC2(c3ccccc3)CC2)cc1-c1cc2c(C(N)=O)c(-c3ccc(F)cc3)nn2cc1N(CCO)S(C)(=O)=O. The number of aryl methyl sites for hydroxylation is 1. The highest BCUT2D eigenvalue weighted by atomic mass is 32.2. The van der Waals surface area contributed by atoms with Crippen LogP contribution in [0.1, 0.15) is 44.7 Å². The summed E-state index contributed by atoms with van der Waals surface area (Å²) < 4.78 is 42.2. The number of fused-ring (bicyclic) bond motifs is 1. The van der Waals surface area contributed by atoms with Crippen molar-refractivity contribution in [1.29, 1.82) is 0 Å². The number of nitrogens with two attached hydrogens (primary N) is 1. The van der Waals surface area contributed by atoms with Gasteiger partial charge in [-0.1, -0.05) is 36.4 Å². The van der Waals surface area contributed by atoms with Crippen LogP contribution in [0, 0.1) is 12.7 Å². The molecule has 2 amide bonds. The highest BCUT2D eigenvalue weighted by Gasteiger charge is 2.45. The zero-order chi connectivity index (χ0) is 32.8. The number of carbonyl (C=O) groups excluding carboxylic acids is 2. The number of benzene rings is 3. The largest absolute Gasteiger partial charge is 0.394 e. The fraction of sp³-hybridized carbons (Fsp3) is 0.206. The molecule has 1 aliphatic rings. The van der Waals surface area contributed by atoms with Crippen LogP contribution < -0.4 is 15.4 Å². The van der Waals surface area contributed by atoms with Gasteiger partial charge >= 0.3 is 0 Å². The van der Waals surface area contributed by atoms with Gasteiger partial charge in [-0.25, -0.2) is 17.3 Å². The molecule has 4 N–H and O–H groups in total. The van der Waals surface area contributed by atoms with Crippen molar-refractivity contribution in [2.75, 3.05) is 23.7 Å². The number of aliphatic hydroxyl groups is 1. The van der Waals surface area contributed by atoms with Crippen molar-refractivity contribution in [3.63, 3.8) is 0 Å². The van der Waals surface area contributed by atoms with E-state index in [-0.39, 0.29) is 34.9 Å². The van der Waals surface area contributed by atoms with Crippen LogP contribution in [-0.2, 0) is 15.6 Å². The lowest BCUT2D eigenvalue weighted by molar-refractivity contribution is 0.0930. The Hall–Kier alpha value is -5.07. The summed E-state index contributed by atoms with van der Waals surface area (Å²) >= 11 is 0. The number of aromatic nitrogens is 2. The summed E-state index contributed by atoms with van der Waals surface area (Å²) in [6.45, 7) is 1.09. The fourth-order valence-electron chi connectivity index (χ4n) is 5.81. The number of aliphatic hydroxyl groups excluding tert-OH is 1. The van der Waals surface area contributed by atoms with Gasteiger partial charge in [0.05, 0.1) is 47.9 Å². The van der Waals surface area contributed by atoms with E-state index in [1.165, 1.54) is 35.0 Å². The van der Waals surface area contributed by atoms with Gasteiger partial charge in [0.25, 0.3) is 11.8 Å². The molecule has 2 aromatic heterocycles. The highest BCUT2D eigenvalue weighted by molar-refractivity contribution is 7.92. The van der Waals surface area contributed by atoms with E-state index >= 15 is 0 Å². The third kappa shape index (κ3) is 5.72. The normalized spacial score (nSPS) is 13.8. The molecule has 1 aliphatic carbocycles. The van der Waals surface area contributed by atoms with Crippen molar-refractivity contribution >= 4 is 33.0 Å². The van der Waals surface area contributed by atoms with Crippen LogP contribution in [0.15, 0.2) is 85.1 Å². The Kier molecular flexibility index (Phi) is 7.87. The summed E-state index contributed by atoms with van der Waals surface area (Å²) in [7, 11) is -3.92. The van der Waals surface area contributed by atoms with E-state index in [1.807, 2.05) is 37.3 Å². The molecule has 0 aliphatic heterocycles. The number of nitrogens with zero attached hydrogens (tertiary/aromatic N) is 3. The number of pyridine rings is 1. The lowest BCUT2D eigenvalue weighted by Crippen LogP contribution is -2.35. The molecule has 1 fully saturated rings. The molecule has 3 aromatic carbocycles. The molecule has 0 unspecified atom stereocenters. The number of hydrogen-bond donors (Lipinski definition) is 3. The van der Waals surface area contributed by atoms with Crippen molar-refractivity contribution < 1.29 is 27.5 Å². The maximum Gasteiger partial charge on any atom is 0.253 e. The maximum absolute atomic E-state index is 13.7. The first-order valence-electron chi connectivity index (χ1n) is 14.6. The van der Waals surface area contributed by atoms with Crippen LogP contribution in [0.5, 0.6) is 0 Å². The summed E-state index contributed by atoms with van der Waals surface area (Å²) in [4.78, 5) is 26.5. The predicted octanol–water partition coefficient (Wildman–Crippen LogP) is 4.39. The number of nitrogens with one attached hydrogen (secondary N) is 1. The molecule has 0 atom stereocenters.